The average Bonchev–Trinajstić information content (AvgIpc) is 3.09. The molecule has 0 radical (unpaired) electrons. The Kier molecular flexibility index (Phi) is 4.65. The zero-order valence-corrected chi connectivity index (χ0v) is 14.0. The first-order valence-electron chi connectivity index (χ1n) is 8.67. The average molecular weight is 343 g/mol. The lowest BCUT2D eigenvalue weighted by atomic mass is 9.96. The second-order valence-electron chi connectivity index (χ2n) is 6.40. The molecule has 4 heterocycles. The van der Waals surface area contributed by atoms with E-state index in [4.69, 9.17) is 14.0 Å². The van der Waals surface area contributed by atoms with E-state index >= 15 is 0 Å². The molecule has 1 saturated heterocycles. The number of hydrogen-bond acceptors (Lipinski definition) is 6. The fourth-order valence-electron chi connectivity index (χ4n) is 3.35. The SMILES string of the molecule is O=C(C1CCOCC1)N1CCc2onc(COc3cccnc3)c2C1. The first kappa shape index (κ1) is 16.1. The van der Waals surface area contributed by atoms with Gasteiger partial charge in [0.1, 0.15) is 23.8 Å². The lowest BCUT2D eigenvalue weighted by Gasteiger charge is -2.31. The molecule has 0 spiro atoms. The third-order valence-electron chi connectivity index (χ3n) is 4.80. The quantitative estimate of drug-likeness (QED) is 0.844. The van der Waals surface area contributed by atoms with Crippen LogP contribution in [-0.2, 0) is 29.1 Å². The van der Waals surface area contributed by atoms with E-state index in [-0.39, 0.29) is 11.8 Å². The van der Waals surface area contributed by atoms with Crippen LogP contribution < -0.4 is 4.74 Å². The van der Waals surface area contributed by atoms with Gasteiger partial charge in [-0.25, -0.2) is 0 Å². The number of carbonyl (C=O) groups is 1. The third-order valence-corrected chi connectivity index (χ3v) is 4.80. The van der Waals surface area contributed by atoms with Crippen molar-refractivity contribution >= 4 is 5.91 Å². The van der Waals surface area contributed by atoms with Crippen LogP contribution >= 0.6 is 0 Å². The van der Waals surface area contributed by atoms with Crippen molar-refractivity contribution in [3.05, 3.63) is 41.5 Å². The van der Waals surface area contributed by atoms with Crippen LogP contribution in [0.4, 0.5) is 0 Å². The number of ether oxygens (including phenoxy) is 2. The molecule has 7 nitrogen and oxygen atoms in total. The molecule has 0 aliphatic carbocycles. The Morgan fingerprint density at radius 2 is 2.24 bits per heavy atom. The summed E-state index contributed by atoms with van der Waals surface area (Å²) in [5.74, 6) is 1.84. The molecule has 0 saturated carbocycles. The number of hydrogen-bond donors (Lipinski definition) is 0. The molecule has 2 aliphatic heterocycles. The van der Waals surface area contributed by atoms with Gasteiger partial charge < -0.3 is 18.9 Å². The van der Waals surface area contributed by atoms with Crippen LogP contribution in [0.1, 0.15) is 29.9 Å². The maximum Gasteiger partial charge on any atom is 0.226 e. The van der Waals surface area contributed by atoms with Crippen molar-refractivity contribution in [2.75, 3.05) is 19.8 Å². The molecule has 0 atom stereocenters. The van der Waals surface area contributed by atoms with Gasteiger partial charge in [-0.1, -0.05) is 5.16 Å². The highest BCUT2D eigenvalue weighted by Crippen LogP contribution is 2.26. The van der Waals surface area contributed by atoms with E-state index in [1.165, 1.54) is 0 Å². The second-order valence-corrected chi connectivity index (χ2v) is 6.40. The lowest BCUT2D eigenvalue weighted by molar-refractivity contribution is -0.139. The Morgan fingerprint density at radius 3 is 3.04 bits per heavy atom. The van der Waals surface area contributed by atoms with Crippen molar-refractivity contribution in [2.24, 2.45) is 5.92 Å². The highest BCUT2D eigenvalue weighted by atomic mass is 16.5. The molecule has 4 rings (SSSR count). The monoisotopic (exact) mass is 343 g/mol. The molecule has 2 aliphatic rings. The van der Waals surface area contributed by atoms with Gasteiger partial charge in [0.2, 0.25) is 5.91 Å². The lowest BCUT2D eigenvalue weighted by Crippen LogP contribution is -2.41. The summed E-state index contributed by atoms with van der Waals surface area (Å²) in [4.78, 5) is 18.7. The largest absolute Gasteiger partial charge is 0.486 e. The summed E-state index contributed by atoms with van der Waals surface area (Å²) in [6, 6.07) is 3.67. The van der Waals surface area contributed by atoms with Gasteiger partial charge >= 0.3 is 0 Å². The molecule has 0 aromatic carbocycles. The number of nitrogens with zero attached hydrogens (tertiary/aromatic N) is 3. The number of aromatic nitrogens is 2. The summed E-state index contributed by atoms with van der Waals surface area (Å²) in [6.07, 6.45) is 5.67. The number of fused-ring (bicyclic) bond motifs is 1. The second kappa shape index (κ2) is 7.23. The van der Waals surface area contributed by atoms with Gasteiger partial charge in [-0.15, -0.1) is 0 Å². The molecule has 1 amide bonds. The molecule has 0 bridgehead atoms. The van der Waals surface area contributed by atoms with Gasteiger partial charge in [0, 0.05) is 43.9 Å². The highest BCUT2D eigenvalue weighted by molar-refractivity contribution is 5.79. The van der Waals surface area contributed by atoms with Gasteiger partial charge in [-0.05, 0) is 25.0 Å². The van der Waals surface area contributed by atoms with Gasteiger partial charge in [-0.3, -0.25) is 9.78 Å². The Labute approximate surface area is 145 Å². The first-order chi connectivity index (χ1) is 12.3. The van der Waals surface area contributed by atoms with Crippen LogP contribution in [0.25, 0.3) is 0 Å². The van der Waals surface area contributed by atoms with Crippen molar-refractivity contribution in [3.8, 4) is 5.75 Å². The zero-order chi connectivity index (χ0) is 17.1. The molecule has 2 aromatic rings. The van der Waals surface area contributed by atoms with Crippen LogP contribution in [0.5, 0.6) is 5.75 Å². The van der Waals surface area contributed by atoms with Crippen LogP contribution in [-0.4, -0.2) is 40.7 Å². The summed E-state index contributed by atoms with van der Waals surface area (Å²) in [7, 11) is 0. The Balaban J connectivity index is 1.43. The van der Waals surface area contributed by atoms with E-state index in [1.807, 2.05) is 17.0 Å². The fourth-order valence-corrected chi connectivity index (χ4v) is 3.35. The maximum absolute atomic E-state index is 12.8. The van der Waals surface area contributed by atoms with Crippen LogP contribution in [0.15, 0.2) is 29.0 Å². The van der Waals surface area contributed by atoms with E-state index in [2.05, 4.69) is 10.1 Å². The third kappa shape index (κ3) is 3.51. The normalized spacial score (nSPS) is 18.0. The van der Waals surface area contributed by atoms with Crippen LogP contribution in [0.3, 0.4) is 0 Å². The summed E-state index contributed by atoms with van der Waals surface area (Å²) in [5, 5.41) is 4.14. The van der Waals surface area contributed by atoms with Crippen LogP contribution in [0, 0.1) is 5.92 Å². The minimum Gasteiger partial charge on any atom is -0.486 e. The van der Waals surface area contributed by atoms with Gasteiger partial charge in [0.15, 0.2) is 0 Å². The molecule has 0 N–H and O–H groups in total. The van der Waals surface area contributed by atoms with Crippen molar-refractivity contribution in [1.29, 1.82) is 0 Å². The number of rotatable bonds is 4. The van der Waals surface area contributed by atoms with Crippen molar-refractivity contribution in [3.63, 3.8) is 0 Å². The van der Waals surface area contributed by atoms with E-state index < -0.39 is 0 Å². The number of pyridine rings is 1. The number of amides is 1. The first-order valence-corrected chi connectivity index (χ1v) is 8.67. The predicted molar refractivity (Wildman–Crippen MR) is 87.7 cm³/mol. The molecule has 132 valence electrons. The van der Waals surface area contributed by atoms with Crippen LogP contribution in [0.2, 0.25) is 0 Å². The molecular weight excluding hydrogens is 322 g/mol. The minimum absolute atomic E-state index is 0.0743. The molecule has 7 heteroatoms. The van der Waals surface area contributed by atoms with E-state index in [0.717, 1.165) is 29.9 Å². The Hall–Kier alpha value is -2.41. The fraction of sp³-hybridized carbons (Fsp3) is 0.500. The van der Waals surface area contributed by atoms with E-state index in [9.17, 15) is 4.79 Å². The van der Waals surface area contributed by atoms with E-state index in [0.29, 0.717) is 45.1 Å². The van der Waals surface area contributed by atoms with Crippen molar-refractivity contribution in [1.82, 2.24) is 15.0 Å². The van der Waals surface area contributed by atoms with Gasteiger partial charge in [-0.2, -0.15) is 0 Å². The molecule has 2 aromatic heterocycles. The van der Waals surface area contributed by atoms with E-state index in [1.54, 1.807) is 12.4 Å². The van der Waals surface area contributed by atoms with Crippen molar-refractivity contribution in [2.45, 2.75) is 32.4 Å². The summed E-state index contributed by atoms with van der Waals surface area (Å²) in [5.41, 5.74) is 1.74. The molecule has 25 heavy (non-hydrogen) atoms. The summed E-state index contributed by atoms with van der Waals surface area (Å²) in [6.45, 7) is 2.88. The maximum atomic E-state index is 12.8. The minimum atomic E-state index is 0.0743. The number of carbonyl (C=O) groups excluding carboxylic acids is 1. The molecular formula is C18H21N3O4. The smallest absolute Gasteiger partial charge is 0.226 e. The standard InChI is InChI=1S/C18H21N3O4/c22-18(13-4-8-23-9-5-13)21-7-3-17-15(11-21)16(20-25-17)12-24-14-2-1-6-19-10-14/h1-2,6,10,13H,3-5,7-9,11-12H2. The van der Waals surface area contributed by atoms with Gasteiger partial charge in [0.05, 0.1) is 12.7 Å². The topological polar surface area (TPSA) is 77.7 Å². The Morgan fingerprint density at radius 1 is 1.36 bits per heavy atom. The Bertz CT molecular complexity index is 725. The van der Waals surface area contributed by atoms with Gasteiger partial charge in [0.25, 0.3) is 0 Å². The molecule has 0 unspecified atom stereocenters. The summed E-state index contributed by atoms with van der Waals surface area (Å²) >= 11 is 0. The summed E-state index contributed by atoms with van der Waals surface area (Å²) < 4.78 is 16.5. The van der Waals surface area contributed by atoms with Crippen molar-refractivity contribution < 1.29 is 18.8 Å². The predicted octanol–water partition coefficient (Wildman–Crippen LogP) is 1.96. The highest BCUT2D eigenvalue weighted by Gasteiger charge is 2.31. The zero-order valence-electron chi connectivity index (χ0n) is 14.0. The molecule has 1 fully saturated rings.